The van der Waals surface area contributed by atoms with E-state index in [1.165, 1.54) is 12.3 Å². The van der Waals surface area contributed by atoms with Crippen LogP contribution >= 0.6 is 0 Å². The summed E-state index contributed by atoms with van der Waals surface area (Å²) in [4.78, 5) is 10.5. The van der Waals surface area contributed by atoms with Gasteiger partial charge in [-0.1, -0.05) is 11.2 Å². The van der Waals surface area contributed by atoms with Crippen molar-refractivity contribution in [2.45, 2.75) is 6.04 Å². The van der Waals surface area contributed by atoms with E-state index < -0.39 is 6.03 Å². The molecule has 0 radical (unpaired) electrons. The van der Waals surface area contributed by atoms with Crippen LogP contribution in [0.2, 0.25) is 0 Å². The van der Waals surface area contributed by atoms with E-state index in [4.69, 9.17) is 5.73 Å². The molecule has 2 amide bonds. The fourth-order valence-electron chi connectivity index (χ4n) is 0.789. The minimum atomic E-state index is -0.622. The van der Waals surface area contributed by atoms with Crippen LogP contribution in [0.1, 0.15) is 11.7 Å². The molecule has 5 heteroatoms. The van der Waals surface area contributed by atoms with Gasteiger partial charge in [-0.2, -0.15) is 0 Å². The Hall–Kier alpha value is -1.78. The Balaban J connectivity index is 2.69. The number of rotatable bonds is 3. The first-order chi connectivity index (χ1) is 5.74. The Morgan fingerprint density at radius 1 is 1.92 bits per heavy atom. The number of carbonyl (C=O) groups excluding carboxylic acids is 1. The Bertz CT molecular complexity index is 268. The molecule has 64 valence electrons. The minimum Gasteiger partial charge on any atom is -0.364 e. The maximum absolute atomic E-state index is 10.5. The molecule has 0 bridgehead atoms. The normalized spacial score (nSPS) is 12.0. The van der Waals surface area contributed by atoms with Crippen LogP contribution < -0.4 is 11.1 Å². The molecule has 1 rings (SSSR count). The highest BCUT2D eigenvalue weighted by molar-refractivity contribution is 5.72. The second kappa shape index (κ2) is 3.56. The topological polar surface area (TPSA) is 81.1 Å². The predicted molar refractivity (Wildman–Crippen MR) is 42.2 cm³/mol. The monoisotopic (exact) mass is 167 g/mol. The maximum Gasteiger partial charge on any atom is 0.312 e. The largest absolute Gasteiger partial charge is 0.364 e. The zero-order chi connectivity index (χ0) is 8.97. The lowest BCUT2D eigenvalue weighted by Gasteiger charge is -2.08. The van der Waals surface area contributed by atoms with Gasteiger partial charge in [0.25, 0.3) is 0 Å². The molecular formula is C7H9N3O2. The van der Waals surface area contributed by atoms with Gasteiger partial charge in [0.2, 0.25) is 0 Å². The van der Waals surface area contributed by atoms with Crippen molar-refractivity contribution in [3.8, 4) is 0 Å². The molecule has 1 aromatic rings. The Labute approximate surface area is 69.2 Å². The third kappa shape index (κ3) is 1.85. The third-order valence-corrected chi connectivity index (χ3v) is 1.31. The van der Waals surface area contributed by atoms with Crippen LogP contribution in [0.3, 0.4) is 0 Å². The quantitative estimate of drug-likeness (QED) is 0.645. The highest BCUT2D eigenvalue weighted by atomic mass is 16.5. The smallest absolute Gasteiger partial charge is 0.312 e. The standard InChI is InChI=1S/C7H9N3O2/c1-2-5(9-7(8)11)6-3-4-12-10-6/h2-5H,1H2,(H3,8,9,11). The van der Waals surface area contributed by atoms with Crippen molar-refractivity contribution in [1.29, 1.82) is 0 Å². The number of aromatic nitrogens is 1. The summed E-state index contributed by atoms with van der Waals surface area (Å²) < 4.78 is 4.59. The van der Waals surface area contributed by atoms with Crippen molar-refractivity contribution in [2.24, 2.45) is 5.73 Å². The van der Waals surface area contributed by atoms with E-state index in [2.05, 4.69) is 21.6 Å². The number of nitrogens with two attached hydrogens (primary N) is 1. The van der Waals surface area contributed by atoms with Gasteiger partial charge < -0.3 is 15.6 Å². The summed E-state index contributed by atoms with van der Waals surface area (Å²) in [6.07, 6.45) is 2.93. The summed E-state index contributed by atoms with van der Waals surface area (Å²) in [5.74, 6) is 0. The molecule has 1 heterocycles. The summed E-state index contributed by atoms with van der Waals surface area (Å²) in [5, 5.41) is 6.05. The molecular weight excluding hydrogens is 158 g/mol. The Morgan fingerprint density at radius 3 is 3.08 bits per heavy atom. The zero-order valence-corrected chi connectivity index (χ0v) is 6.36. The number of urea groups is 1. The molecule has 0 fully saturated rings. The van der Waals surface area contributed by atoms with Crippen molar-refractivity contribution in [1.82, 2.24) is 10.5 Å². The van der Waals surface area contributed by atoms with E-state index in [9.17, 15) is 4.79 Å². The lowest BCUT2D eigenvalue weighted by molar-refractivity contribution is 0.246. The molecule has 12 heavy (non-hydrogen) atoms. The molecule has 1 atom stereocenters. The van der Waals surface area contributed by atoms with Crippen molar-refractivity contribution >= 4 is 6.03 Å². The van der Waals surface area contributed by atoms with Crippen molar-refractivity contribution in [3.63, 3.8) is 0 Å². The fourth-order valence-corrected chi connectivity index (χ4v) is 0.789. The van der Waals surface area contributed by atoms with Gasteiger partial charge >= 0.3 is 6.03 Å². The first-order valence-electron chi connectivity index (χ1n) is 3.33. The lowest BCUT2D eigenvalue weighted by Crippen LogP contribution is -2.32. The SMILES string of the molecule is C=CC(NC(N)=O)c1ccon1. The number of amides is 2. The molecule has 0 aliphatic rings. The van der Waals surface area contributed by atoms with Crippen molar-refractivity contribution in [2.75, 3.05) is 0 Å². The van der Waals surface area contributed by atoms with Crippen LogP contribution in [-0.2, 0) is 0 Å². The van der Waals surface area contributed by atoms with Crippen molar-refractivity contribution < 1.29 is 9.32 Å². The van der Waals surface area contributed by atoms with Crippen LogP contribution in [0.4, 0.5) is 4.79 Å². The average Bonchev–Trinajstić information content (AvgIpc) is 2.51. The fraction of sp³-hybridized carbons (Fsp3) is 0.143. The summed E-state index contributed by atoms with van der Waals surface area (Å²) >= 11 is 0. The van der Waals surface area contributed by atoms with Gasteiger partial charge in [-0.15, -0.1) is 6.58 Å². The molecule has 0 aromatic carbocycles. The van der Waals surface area contributed by atoms with Crippen LogP contribution in [-0.4, -0.2) is 11.2 Å². The number of hydrogen-bond acceptors (Lipinski definition) is 3. The number of hydrogen-bond donors (Lipinski definition) is 2. The third-order valence-electron chi connectivity index (χ3n) is 1.31. The molecule has 1 unspecified atom stereocenters. The summed E-state index contributed by atoms with van der Waals surface area (Å²) in [6, 6.07) is 0.617. The molecule has 0 saturated carbocycles. The van der Waals surface area contributed by atoms with E-state index >= 15 is 0 Å². The number of carbonyl (C=O) groups is 1. The van der Waals surface area contributed by atoms with Gasteiger partial charge in [-0.3, -0.25) is 0 Å². The van der Waals surface area contributed by atoms with Gasteiger partial charge in [0, 0.05) is 6.07 Å². The molecule has 0 saturated heterocycles. The maximum atomic E-state index is 10.5. The number of nitrogens with one attached hydrogen (secondary N) is 1. The summed E-state index contributed by atoms with van der Waals surface area (Å²) in [5.41, 5.74) is 5.49. The predicted octanol–water partition coefficient (Wildman–Crippen LogP) is 0.570. The first-order valence-corrected chi connectivity index (χ1v) is 3.33. The molecule has 0 aliphatic carbocycles. The second-order valence-electron chi connectivity index (χ2n) is 2.15. The van der Waals surface area contributed by atoms with Crippen LogP contribution in [0.25, 0.3) is 0 Å². The Morgan fingerprint density at radius 2 is 2.67 bits per heavy atom. The van der Waals surface area contributed by atoms with Crippen molar-refractivity contribution in [3.05, 3.63) is 30.7 Å². The summed E-state index contributed by atoms with van der Waals surface area (Å²) in [7, 11) is 0. The van der Waals surface area contributed by atoms with Gasteiger partial charge in [-0.05, 0) is 0 Å². The average molecular weight is 167 g/mol. The van der Waals surface area contributed by atoms with Crippen LogP contribution in [0, 0.1) is 0 Å². The number of primary amides is 1. The van der Waals surface area contributed by atoms with Crippen LogP contribution in [0.5, 0.6) is 0 Å². The van der Waals surface area contributed by atoms with E-state index in [1.54, 1.807) is 6.07 Å². The second-order valence-corrected chi connectivity index (χ2v) is 2.15. The van der Waals surface area contributed by atoms with E-state index in [1.807, 2.05) is 0 Å². The van der Waals surface area contributed by atoms with Gasteiger partial charge in [-0.25, -0.2) is 4.79 Å². The summed E-state index contributed by atoms with van der Waals surface area (Å²) in [6.45, 7) is 3.52. The molecule has 1 aromatic heterocycles. The molecule has 3 N–H and O–H groups in total. The minimum absolute atomic E-state index is 0.388. The highest BCUT2D eigenvalue weighted by Crippen LogP contribution is 2.09. The van der Waals surface area contributed by atoms with E-state index in [0.717, 1.165) is 0 Å². The van der Waals surface area contributed by atoms with E-state index in [-0.39, 0.29) is 6.04 Å². The van der Waals surface area contributed by atoms with Crippen LogP contribution in [0.15, 0.2) is 29.5 Å². The molecule has 5 nitrogen and oxygen atoms in total. The van der Waals surface area contributed by atoms with Gasteiger partial charge in [0.1, 0.15) is 12.0 Å². The Kier molecular flexibility index (Phi) is 2.47. The zero-order valence-electron chi connectivity index (χ0n) is 6.36. The molecule has 0 aliphatic heterocycles. The first kappa shape index (κ1) is 8.32. The molecule has 0 spiro atoms. The lowest BCUT2D eigenvalue weighted by atomic mass is 10.2. The highest BCUT2D eigenvalue weighted by Gasteiger charge is 2.10. The number of nitrogens with zero attached hydrogens (tertiary/aromatic N) is 1. The van der Waals surface area contributed by atoms with E-state index in [0.29, 0.717) is 5.69 Å². The van der Waals surface area contributed by atoms with Gasteiger partial charge in [0.15, 0.2) is 0 Å². The van der Waals surface area contributed by atoms with Gasteiger partial charge in [0.05, 0.1) is 6.04 Å².